The van der Waals surface area contributed by atoms with Crippen LogP contribution in [0.15, 0.2) is 24.3 Å². The summed E-state index contributed by atoms with van der Waals surface area (Å²) in [5, 5.41) is 11.8. The Balaban J connectivity index is 1.57. The molecule has 4 fully saturated rings. The highest BCUT2D eigenvalue weighted by molar-refractivity contribution is 6.74. The minimum Gasteiger partial charge on any atom is -0.462 e. The van der Waals surface area contributed by atoms with Gasteiger partial charge in [-0.05, 0) is 130 Å². The summed E-state index contributed by atoms with van der Waals surface area (Å²) >= 11 is 0. The van der Waals surface area contributed by atoms with Crippen molar-refractivity contribution in [1.29, 1.82) is 0 Å². The molecule has 0 aromatic carbocycles. The van der Waals surface area contributed by atoms with Gasteiger partial charge in [-0.3, -0.25) is 9.59 Å². The lowest BCUT2D eigenvalue weighted by molar-refractivity contribution is -0.343. The van der Waals surface area contributed by atoms with Gasteiger partial charge in [0.2, 0.25) is 0 Å². The van der Waals surface area contributed by atoms with Crippen molar-refractivity contribution in [3.63, 3.8) is 0 Å². The van der Waals surface area contributed by atoms with E-state index in [1.165, 1.54) is 6.92 Å². The predicted octanol–water partition coefficient (Wildman–Crippen LogP) is 9.11. The third-order valence-corrected chi connectivity index (χ3v) is 26.4. The molecule has 0 saturated carbocycles. The van der Waals surface area contributed by atoms with Crippen LogP contribution in [0.5, 0.6) is 0 Å². The minimum absolute atomic E-state index is 0.0280. The molecule has 0 aromatic heterocycles. The van der Waals surface area contributed by atoms with Crippen LogP contribution in [0.1, 0.15) is 135 Å². The molecule has 5 rings (SSSR count). The molecule has 5 aliphatic rings. The molecule has 0 radical (unpaired) electrons. The topological polar surface area (TPSA) is 172 Å². The molecule has 0 aromatic rings. The SMILES string of the molecule is CO[C@@H]1C(OC2OC(C)C(OC3CC(C)(O)C(O[Si](C)(C)C(C)(C)C)C(C)O3)C(N(C)C)C2OC(C)=O)[C@H]2C[C@H](O[Si](C)(C)C(C)(C)C)O[C@@H]1CC(=O)O[C@H](C)CC=CC=C[C@H](OC1CCC(N(C)C)C(C)O1)[C@H](C)C2. The highest BCUT2D eigenvalue weighted by Crippen LogP contribution is 2.45. The number of nitrogens with zero attached hydrogens (tertiary/aromatic N) is 2. The van der Waals surface area contributed by atoms with Crippen LogP contribution in [0.25, 0.3) is 0 Å². The fourth-order valence-electron chi connectivity index (χ4n) is 11.2. The summed E-state index contributed by atoms with van der Waals surface area (Å²) in [6.07, 6.45) is 1.11. The molecule has 440 valence electrons. The Hall–Kier alpha value is -1.67. The van der Waals surface area contributed by atoms with E-state index < -0.39 is 120 Å². The first kappa shape index (κ1) is 65.1. The first-order valence-electron chi connectivity index (χ1n) is 28.3. The van der Waals surface area contributed by atoms with Gasteiger partial charge in [0.25, 0.3) is 0 Å². The van der Waals surface area contributed by atoms with Crippen molar-refractivity contribution in [2.45, 2.75) is 281 Å². The van der Waals surface area contributed by atoms with E-state index in [4.69, 9.17) is 56.2 Å². The standard InChI is InChI=1S/C57H104N2O15Si2/c1-34-30-40-31-46(73-75(19,20)55(7,8)9)70-43(32-44(61)64-35(2)26-24-23-25-27-42(34)69-45-29-28-41(58(14)15)36(3)65-45)51(63-18)50(40)72-54-52(68-39(6)60)48(59(16)17)49(37(4)67-54)71-47-33-57(13,62)53(38(5)66-47)74-76(21,22)56(10,11)12/h23-25,27,34-38,40-43,45-54,62H,26,28-33H2,1-22H3/t34-,35-,36?,37?,38?,40-,41?,42+,43-,45?,46+,47?,48?,49?,50?,51+,52?,53?,54?,57?/m1/s1. The zero-order chi connectivity index (χ0) is 57.0. The molecule has 0 spiro atoms. The van der Waals surface area contributed by atoms with E-state index in [9.17, 15) is 14.7 Å². The lowest BCUT2D eigenvalue weighted by atomic mass is 9.82. The average molecular weight is 1110 g/mol. The fourth-order valence-corrected chi connectivity index (χ4v) is 13.8. The van der Waals surface area contributed by atoms with E-state index in [1.54, 1.807) is 14.0 Å². The Kier molecular flexibility index (Phi) is 22.7. The molecule has 1 N–H and O–H groups in total. The van der Waals surface area contributed by atoms with Crippen molar-refractivity contribution in [1.82, 2.24) is 9.80 Å². The lowest BCUT2D eigenvalue weighted by Gasteiger charge is -2.52. The van der Waals surface area contributed by atoms with Crippen molar-refractivity contribution >= 4 is 28.6 Å². The largest absolute Gasteiger partial charge is 0.462 e. The number of rotatable bonds is 14. The zero-order valence-electron chi connectivity index (χ0n) is 50.8. The maximum absolute atomic E-state index is 14.0. The van der Waals surface area contributed by atoms with E-state index >= 15 is 0 Å². The van der Waals surface area contributed by atoms with E-state index in [-0.39, 0.29) is 53.0 Å². The molecule has 0 amide bonds. The van der Waals surface area contributed by atoms with Crippen LogP contribution in [0.4, 0.5) is 0 Å². The van der Waals surface area contributed by atoms with Gasteiger partial charge >= 0.3 is 11.9 Å². The molecule has 13 unspecified atom stereocenters. The summed E-state index contributed by atoms with van der Waals surface area (Å²) in [5.74, 6) is -1.45. The van der Waals surface area contributed by atoms with Crippen LogP contribution in [0.2, 0.25) is 36.3 Å². The molecule has 5 aliphatic heterocycles. The van der Waals surface area contributed by atoms with Crippen LogP contribution < -0.4 is 0 Å². The van der Waals surface area contributed by atoms with Crippen LogP contribution in [0.3, 0.4) is 0 Å². The van der Waals surface area contributed by atoms with Crippen molar-refractivity contribution < 1.29 is 70.9 Å². The first-order valence-corrected chi connectivity index (χ1v) is 34.1. The maximum Gasteiger partial charge on any atom is 0.308 e. The normalized spacial score (nSPS) is 40.0. The highest BCUT2D eigenvalue weighted by atomic mass is 28.4. The summed E-state index contributed by atoms with van der Waals surface area (Å²) in [6, 6.07) is -0.351. The second kappa shape index (κ2) is 26.5. The van der Waals surface area contributed by atoms with Crippen LogP contribution >= 0.6 is 0 Å². The Bertz CT molecular complexity index is 1920. The number of aliphatic hydroxyl groups is 1. The smallest absolute Gasteiger partial charge is 0.308 e. The average Bonchev–Trinajstić information content (AvgIpc) is 3.38. The van der Waals surface area contributed by atoms with E-state index in [2.05, 4.69) is 107 Å². The van der Waals surface area contributed by atoms with Gasteiger partial charge in [-0.25, -0.2) is 0 Å². The van der Waals surface area contributed by atoms with Gasteiger partial charge in [0.15, 0.2) is 41.6 Å². The van der Waals surface area contributed by atoms with Crippen molar-refractivity contribution in [2.24, 2.45) is 11.8 Å². The zero-order valence-corrected chi connectivity index (χ0v) is 52.8. The highest BCUT2D eigenvalue weighted by Gasteiger charge is 2.56. The lowest BCUT2D eigenvalue weighted by Crippen LogP contribution is -2.67. The number of ether oxygens (including phenoxy) is 10. The molecule has 17 nitrogen and oxygen atoms in total. The molecule has 20 atom stereocenters. The minimum atomic E-state index is -2.50. The molecule has 2 bridgehead atoms. The third-order valence-electron chi connectivity index (χ3n) is 17.5. The van der Waals surface area contributed by atoms with Gasteiger partial charge in [-0.1, -0.05) is 72.8 Å². The number of likely N-dealkylation sites (N-methyl/N-ethyl adjacent to an activating group) is 2. The second-order valence-corrected chi connectivity index (χ2v) is 36.0. The fraction of sp³-hybridized carbons (Fsp3) is 0.895. The summed E-state index contributed by atoms with van der Waals surface area (Å²) in [6.45, 7) is 34.9. The predicted molar refractivity (Wildman–Crippen MR) is 297 cm³/mol. The van der Waals surface area contributed by atoms with Crippen molar-refractivity contribution in [3.05, 3.63) is 24.3 Å². The maximum atomic E-state index is 14.0. The third kappa shape index (κ3) is 16.7. The summed E-state index contributed by atoms with van der Waals surface area (Å²) < 4.78 is 81.2. The number of esters is 2. The van der Waals surface area contributed by atoms with E-state index in [0.29, 0.717) is 19.3 Å². The van der Waals surface area contributed by atoms with Gasteiger partial charge in [0.1, 0.15) is 24.6 Å². The molecular formula is C57H104N2O15Si2. The number of carbonyl (C=O) groups is 2. The summed E-state index contributed by atoms with van der Waals surface area (Å²) in [4.78, 5) is 31.5. The van der Waals surface area contributed by atoms with E-state index in [0.717, 1.165) is 12.8 Å². The van der Waals surface area contributed by atoms with E-state index in [1.807, 2.05) is 58.0 Å². The van der Waals surface area contributed by atoms with Gasteiger partial charge in [-0.15, -0.1) is 0 Å². The Morgan fingerprint density at radius 2 is 1.37 bits per heavy atom. The quantitative estimate of drug-likeness (QED) is 0.129. The number of fused-ring (bicyclic) bond motifs is 3. The molecule has 0 aliphatic carbocycles. The molecule has 19 heteroatoms. The number of allylic oxidation sites excluding steroid dienone is 2. The number of methoxy groups -OCH3 is 1. The van der Waals surface area contributed by atoms with Crippen molar-refractivity contribution in [2.75, 3.05) is 35.3 Å². The summed E-state index contributed by atoms with van der Waals surface area (Å²) in [5.41, 5.74) is -1.29. The van der Waals surface area contributed by atoms with Crippen molar-refractivity contribution in [3.8, 4) is 0 Å². The van der Waals surface area contributed by atoms with Crippen LogP contribution in [0, 0.1) is 11.8 Å². The molecule has 4 saturated heterocycles. The Morgan fingerprint density at radius 1 is 0.737 bits per heavy atom. The number of carbonyl (C=O) groups excluding carboxylic acids is 2. The Morgan fingerprint density at radius 3 is 1.93 bits per heavy atom. The second-order valence-electron chi connectivity index (χ2n) is 26.5. The van der Waals surface area contributed by atoms with Gasteiger partial charge in [0, 0.05) is 39.3 Å². The van der Waals surface area contributed by atoms with Crippen LogP contribution in [-0.2, 0) is 65.8 Å². The molecule has 76 heavy (non-hydrogen) atoms. The van der Waals surface area contributed by atoms with Crippen LogP contribution in [-0.4, -0.2) is 189 Å². The Labute approximate surface area is 460 Å². The number of hydrogen-bond donors (Lipinski definition) is 1. The van der Waals surface area contributed by atoms with Gasteiger partial charge in [-0.2, -0.15) is 0 Å². The number of cyclic esters (lactones) is 1. The number of hydrogen-bond acceptors (Lipinski definition) is 17. The molecular weight excluding hydrogens is 1010 g/mol. The first-order chi connectivity index (χ1) is 35.0. The van der Waals surface area contributed by atoms with Gasteiger partial charge in [0.05, 0.1) is 60.8 Å². The molecule has 5 heterocycles. The monoisotopic (exact) mass is 1110 g/mol. The van der Waals surface area contributed by atoms with Gasteiger partial charge < -0.3 is 71.1 Å². The summed E-state index contributed by atoms with van der Waals surface area (Å²) in [7, 11) is 4.77.